The molecule has 4 fully saturated rings. The van der Waals surface area contributed by atoms with Crippen molar-refractivity contribution in [1.82, 2.24) is 24.8 Å². The van der Waals surface area contributed by atoms with Gasteiger partial charge in [0, 0.05) is 55.4 Å². The van der Waals surface area contributed by atoms with Crippen molar-refractivity contribution in [1.29, 1.82) is 0 Å². The Bertz CT molecular complexity index is 971. The lowest BCUT2D eigenvalue weighted by atomic mass is 9.76. The standard InChI is InChI=1S/C28H44F3N5O2/c1-18(2)35-12-7-19(8-13-35)34(4)23-6-5-9-28(30,31)21(23)17-24(37)36-14-10-27(3,11-15-36)26-32-25(38-33-26)20-16-22(20)29/h18-23H,5-17H2,1-4H3/t20-,21-,22+,23+/m1/s1. The summed E-state index contributed by atoms with van der Waals surface area (Å²) in [6, 6.07) is 0.494. The van der Waals surface area contributed by atoms with Gasteiger partial charge in [-0.25, -0.2) is 13.2 Å². The maximum atomic E-state index is 15.3. The number of carbonyl (C=O) groups is 1. The molecule has 214 valence electrons. The van der Waals surface area contributed by atoms with Crippen LogP contribution >= 0.6 is 0 Å². The van der Waals surface area contributed by atoms with Crippen LogP contribution in [0.15, 0.2) is 4.52 Å². The number of alkyl halides is 3. The maximum absolute atomic E-state index is 15.3. The number of amides is 1. The molecule has 1 amide bonds. The molecule has 10 heteroatoms. The number of carbonyl (C=O) groups excluding carboxylic acids is 1. The molecule has 1 aromatic heterocycles. The van der Waals surface area contributed by atoms with Crippen LogP contribution in [0.2, 0.25) is 0 Å². The van der Waals surface area contributed by atoms with E-state index in [2.05, 4.69) is 33.8 Å². The van der Waals surface area contributed by atoms with Crippen LogP contribution in [-0.2, 0) is 10.2 Å². The third-order valence-corrected chi connectivity index (χ3v) is 9.97. The Morgan fingerprint density at radius 3 is 2.39 bits per heavy atom. The number of piperidine rings is 2. The monoisotopic (exact) mass is 539 g/mol. The Hall–Kier alpha value is -1.68. The number of hydrogen-bond donors (Lipinski definition) is 0. The van der Waals surface area contributed by atoms with Crippen LogP contribution in [0.4, 0.5) is 13.2 Å². The van der Waals surface area contributed by atoms with E-state index in [4.69, 9.17) is 4.52 Å². The van der Waals surface area contributed by atoms with Gasteiger partial charge in [-0.05, 0) is 78.9 Å². The summed E-state index contributed by atoms with van der Waals surface area (Å²) >= 11 is 0. The molecule has 0 aromatic carbocycles. The molecule has 0 spiro atoms. The van der Waals surface area contributed by atoms with Gasteiger partial charge < -0.3 is 14.3 Å². The van der Waals surface area contributed by atoms with Crippen LogP contribution in [0.25, 0.3) is 0 Å². The predicted molar refractivity (Wildman–Crippen MR) is 138 cm³/mol. The average Bonchev–Trinajstić information content (AvgIpc) is 3.40. The molecule has 2 saturated heterocycles. The minimum Gasteiger partial charge on any atom is -0.343 e. The minimum absolute atomic E-state index is 0.116. The molecule has 0 N–H and O–H groups in total. The van der Waals surface area contributed by atoms with Crippen LogP contribution in [0.3, 0.4) is 0 Å². The number of hydrogen-bond acceptors (Lipinski definition) is 6. The zero-order valence-electron chi connectivity index (χ0n) is 23.3. The van der Waals surface area contributed by atoms with Crippen LogP contribution < -0.4 is 0 Å². The summed E-state index contributed by atoms with van der Waals surface area (Å²) < 4.78 is 49.4. The van der Waals surface area contributed by atoms with Crippen LogP contribution in [0.1, 0.15) is 96.2 Å². The van der Waals surface area contributed by atoms with Crippen molar-refractivity contribution < 1.29 is 22.5 Å². The molecular formula is C28H44F3N5O2. The van der Waals surface area contributed by atoms with Crippen molar-refractivity contribution in [3.05, 3.63) is 11.7 Å². The number of nitrogens with zero attached hydrogens (tertiary/aromatic N) is 5. The van der Waals surface area contributed by atoms with Crippen molar-refractivity contribution in [2.75, 3.05) is 33.2 Å². The highest BCUT2D eigenvalue weighted by Crippen LogP contribution is 2.45. The Morgan fingerprint density at radius 2 is 1.79 bits per heavy atom. The molecule has 2 aliphatic heterocycles. The smallest absolute Gasteiger partial charge is 0.252 e. The van der Waals surface area contributed by atoms with Crippen LogP contribution in [0, 0.1) is 5.92 Å². The fourth-order valence-electron chi connectivity index (χ4n) is 6.91. The normalized spacial score (nSPS) is 32.2. The fraction of sp³-hybridized carbons (Fsp3) is 0.893. The van der Waals surface area contributed by atoms with E-state index in [1.54, 1.807) is 4.90 Å². The minimum atomic E-state index is -2.84. The van der Waals surface area contributed by atoms with Gasteiger partial charge in [-0.1, -0.05) is 12.1 Å². The SMILES string of the molecule is CC(C)N1CCC(N(C)[C@H]2CCCC(F)(F)[C@@H]2CC(=O)N2CCC(C)(c3noc([C@@H]4C[C@@H]4F)n3)CC2)CC1. The maximum Gasteiger partial charge on any atom is 0.252 e. The van der Waals surface area contributed by atoms with E-state index in [-0.39, 0.29) is 42.2 Å². The molecule has 0 bridgehead atoms. The van der Waals surface area contributed by atoms with Gasteiger partial charge in [0.05, 0.1) is 5.92 Å². The molecule has 38 heavy (non-hydrogen) atoms. The van der Waals surface area contributed by atoms with Crippen molar-refractivity contribution >= 4 is 5.91 Å². The van der Waals surface area contributed by atoms with Gasteiger partial charge in [-0.2, -0.15) is 4.98 Å². The first-order chi connectivity index (χ1) is 18.0. The van der Waals surface area contributed by atoms with Gasteiger partial charge >= 0.3 is 0 Å². The van der Waals surface area contributed by atoms with E-state index in [0.29, 0.717) is 63.0 Å². The van der Waals surface area contributed by atoms with Crippen molar-refractivity contribution in [2.45, 2.75) is 120 Å². The van der Waals surface area contributed by atoms with Crippen LogP contribution in [-0.4, -0.2) is 94.2 Å². The summed E-state index contributed by atoms with van der Waals surface area (Å²) in [6.07, 6.45) is 3.70. The van der Waals surface area contributed by atoms with Crippen molar-refractivity contribution in [3.8, 4) is 0 Å². The van der Waals surface area contributed by atoms with E-state index < -0.39 is 18.0 Å². The molecule has 4 aliphatic rings. The van der Waals surface area contributed by atoms with Crippen molar-refractivity contribution in [3.63, 3.8) is 0 Å². The first-order valence-corrected chi connectivity index (χ1v) is 14.6. The summed E-state index contributed by atoms with van der Waals surface area (Å²) in [7, 11) is 2.00. The molecule has 4 atom stereocenters. The second kappa shape index (κ2) is 10.7. The average molecular weight is 540 g/mol. The molecule has 7 nitrogen and oxygen atoms in total. The number of aromatic nitrogens is 2. The lowest BCUT2D eigenvalue weighted by molar-refractivity contribution is -0.151. The van der Waals surface area contributed by atoms with Gasteiger partial charge in [0.15, 0.2) is 5.82 Å². The molecule has 0 unspecified atom stereocenters. The first-order valence-electron chi connectivity index (χ1n) is 14.6. The van der Waals surface area contributed by atoms with E-state index in [9.17, 15) is 9.18 Å². The van der Waals surface area contributed by atoms with E-state index >= 15 is 8.78 Å². The van der Waals surface area contributed by atoms with E-state index in [1.807, 2.05) is 14.0 Å². The van der Waals surface area contributed by atoms with Gasteiger partial charge in [0.2, 0.25) is 11.8 Å². The molecule has 1 aromatic rings. The second-order valence-electron chi connectivity index (χ2n) is 12.8. The second-order valence-corrected chi connectivity index (χ2v) is 12.8. The van der Waals surface area contributed by atoms with Gasteiger partial charge in [-0.3, -0.25) is 9.69 Å². The van der Waals surface area contributed by atoms with E-state index in [0.717, 1.165) is 25.9 Å². The number of rotatable bonds is 7. The summed E-state index contributed by atoms with van der Waals surface area (Å²) in [5, 5.41) is 4.11. The summed E-state index contributed by atoms with van der Waals surface area (Å²) in [5.41, 5.74) is -0.373. The highest BCUT2D eigenvalue weighted by atomic mass is 19.3. The Morgan fingerprint density at radius 1 is 1.13 bits per heavy atom. The third-order valence-electron chi connectivity index (χ3n) is 9.97. The molecule has 2 saturated carbocycles. The third kappa shape index (κ3) is 5.62. The highest BCUT2D eigenvalue weighted by Gasteiger charge is 2.51. The van der Waals surface area contributed by atoms with Gasteiger partial charge in [0.25, 0.3) is 5.92 Å². The zero-order valence-corrected chi connectivity index (χ0v) is 23.3. The zero-order chi connectivity index (χ0) is 27.2. The Labute approximate surface area is 224 Å². The van der Waals surface area contributed by atoms with Crippen LogP contribution in [0.5, 0.6) is 0 Å². The van der Waals surface area contributed by atoms with Crippen molar-refractivity contribution in [2.24, 2.45) is 5.92 Å². The highest BCUT2D eigenvalue weighted by molar-refractivity contribution is 5.76. The summed E-state index contributed by atoms with van der Waals surface area (Å²) in [4.78, 5) is 24.2. The summed E-state index contributed by atoms with van der Waals surface area (Å²) in [6.45, 7) is 9.36. The number of likely N-dealkylation sites (tertiary alicyclic amines) is 2. The Kier molecular flexibility index (Phi) is 7.86. The largest absolute Gasteiger partial charge is 0.343 e. The van der Waals surface area contributed by atoms with Gasteiger partial charge in [0.1, 0.15) is 6.17 Å². The molecular weight excluding hydrogens is 495 g/mol. The fourth-order valence-corrected chi connectivity index (χ4v) is 6.91. The predicted octanol–water partition coefficient (Wildman–Crippen LogP) is 4.77. The molecule has 0 radical (unpaired) electrons. The Balaban J connectivity index is 1.19. The lowest BCUT2D eigenvalue weighted by Gasteiger charge is -2.47. The quantitative estimate of drug-likeness (QED) is 0.497. The topological polar surface area (TPSA) is 65.7 Å². The number of halogens is 3. The first kappa shape index (κ1) is 27.9. The summed E-state index contributed by atoms with van der Waals surface area (Å²) in [5.74, 6) is -3.35. The molecule has 5 rings (SSSR count). The van der Waals surface area contributed by atoms with Gasteiger partial charge in [-0.15, -0.1) is 0 Å². The lowest BCUT2D eigenvalue weighted by Crippen LogP contribution is -2.56. The molecule has 3 heterocycles. The van der Waals surface area contributed by atoms with E-state index in [1.165, 1.54) is 0 Å². The molecule has 2 aliphatic carbocycles.